The van der Waals surface area contributed by atoms with Gasteiger partial charge in [0, 0.05) is 30.3 Å². The highest BCUT2D eigenvalue weighted by atomic mass is 35.5. The van der Waals surface area contributed by atoms with Gasteiger partial charge in [-0.15, -0.1) is 10.2 Å². The van der Waals surface area contributed by atoms with E-state index < -0.39 is 15.9 Å². The summed E-state index contributed by atoms with van der Waals surface area (Å²) >= 11 is 12.6. The first-order valence-corrected chi connectivity index (χ1v) is 13.7. The lowest BCUT2D eigenvalue weighted by Crippen LogP contribution is -2.34. The second-order valence-corrected chi connectivity index (χ2v) is 11.9. The monoisotopic (exact) mass is 539 g/mol. The molecule has 0 aliphatic carbocycles. The summed E-state index contributed by atoms with van der Waals surface area (Å²) in [4.78, 5) is 14.8. The minimum atomic E-state index is -3.90. The number of nitrogens with one attached hydrogen (secondary N) is 2. The molecule has 1 saturated heterocycles. The SMILES string of the molecule is C[C@@H]1CCCN(c2ccc(CNS(=O)(=O)c3nnc(NC(=O)c4ccc(Cl)cc4Cl)s3)cc2)C1. The van der Waals surface area contributed by atoms with Crippen molar-refractivity contribution in [1.82, 2.24) is 14.9 Å². The van der Waals surface area contributed by atoms with E-state index in [2.05, 4.69) is 32.1 Å². The van der Waals surface area contributed by atoms with Crippen LogP contribution in [0.3, 0.4) is 0 Å². The first kappa shape index (κ1) is 24.9. The number of carbonyl (C=O) groups excluding carboxylic acids is 1. The fourth-order valence-electron chi connectivity index (χ4n) is 3.70. The lowest BCUT2D eigenvalue weighted by molar-refractivity contribution is 0.102. The predicted molar refractivity (Wildman–Crippen MR) is 135 cm³/mol. The van der Waals surface area contributed by atoms with Gasteiger partial charge < -0.3 is 4.90 Å². The number of nitrogens with zero attached hydrogens (tertiary/aromatic N) is 3. The Morgan fingerprint density at radius 2 is 1.94 bits per heavy atom. The van der Waals surface area contributed by atoms with E-state index in [0.717, 1.165) is 35.7 Å². The number of sulfonamides is 1. The normalized spacial score (nSPS) is 16.4. The molecule has 0 unspecified atom stereocenters. The molecule has 34 heavy (non-hydrogen) atoms. The number of aromatic nitrogens is 2. The van der Waals surface area contributed by atoms with Crippen LogP contribution in [0.1, 0.15) is 35.7 Å². The summed E-state index contributed by atoms with van der Waals surface area (Å²) in [5.41, 5.74) is 2.16. The zero-order valence-electron chi connectivity index (χ0n) is 18.3. The number of amides is 1. The van der Waals surface area contributed by atoms with Crippen molar-refractivity contribution in [2.24, 2.45) is 5.92 Å². The van der Waals surface area contributed by atoms with Crippen molar-refractivity contribution in [2.75, 3.05) is 23.3 Å². The molecule has 180 valence electrons. The molecule has 8 nitrogen and oxygen atoms in total. The molecular formula is C22H23Cl2N5O3S2. The van der Waals surface area contributed by atoms with Crippen molar-refractivity contribution in [3.8, 4) is 0 Å². The predicted octanol–water partition coefficient (Wildman–Crippen LogP) is 4.81. The molecule has 2 aromatic carbocycles. The maximum Gasteiger partial charge on any atom is 0.270 e. The summed E-state index contributed by atoms with van der Waals surface area (Å²) in [5.74, 6) is 0.128. The third kappa shape index (κ3) is 6.05. The van der Waals surface area contributed by atoms with E-state index in [1.54, 1.807) is 0 Å². The van der Waals surface area contributed by atoms with Crippen LogP contribution in [0.15, 0.2) is 46.8 Å². The van der Waals surface area contributed by atoms with Crippen molar-refractivity contribution < 1.29 is 13.2 Å². The number of carbonyl (C=O) groups is 1. The van der Waals surface area contributed by atoms with Gasteiger partial charge in [0.05, 0.1) is 10.6 Å². The summed E-state index contributed by atoms with van der Waals surface area (Å²) in [6, 6.07) is 12.3. The van der Waals surface area contributed by atoms with Crippen LogP contribution < -0.4 is 14.9 Å². The van der Waals surface area contributed by atoms with E-state index in [1.807, 2.05) is 24.3 Å². The zero-order valence-corrected chi connectivity index (χ0v) is 21.4. The fraction of sp³-hybridized carbons (Fsp3) is 0.318. The second kappa shape index (κ2) is 10.6. The van der Waals surface area contributed by atoms with E-state index in [4.69, 9.17) is 23.2 Å². The van der Waals surface area contributed by atoms with E-state index >= 15 is 0 Å². The molecule has 0 saturated carbocycles. The highest BCUT2D eigenvalue weighted by molar-refractivity contribution is 7.91. The molecule has 1 aliphatic heterocycles. The first-order chi connectivity index (χ1) is 16.2. The smallest absolute Gasteiger partial charge is 0.270 e. The highest BCUT2D eigenvalue weighted by Crippen LogP contribution is 2.25. The van der Waals surface area contributed by atoms with Crippen molar-refractivity contribution in [3.63, 3.8) is 0 Å². The van der Waals surface area contributed by atoms with Gasteiger partial charge >= 0.3 is 0 Å². The van der Waals surface area contributed by atoms with Gasteiger partial charge in [0.25, 0.3) is 15.9 Å². The zero-order chi connectivity index (χ0) is 24.3. The number of benzene rings is 2. The number of hydrogen-bond acceptors (Lipinski definition) is 7. The largest absolute Gasteiger partial charge is 0.371 e. The molecule has 1 aromatic heterocycles. The molecule has 12 heteroatoms. The summed E-state index contributed by atoms with van der Waals surface area (Å²) in [5, 5.41) is 10.6. The van der Waals surface area contributed by atoms with Crippen LogP contribution in [0.5, 0.6) is 0 Å². The van der Waals surface area contributed by atoms with Crippen LogP contribution in [0.4, 0.5) is 10.8 Å². The molecule has 4 rings (SSSR count). The summed E-state index contributed by atoms with van der Waals surface area (Å²) in [6.45, 7) is 4.44. The quantitative estimate of drug-likeness (QED) is 0.417. The topological polar surface area (TPSA) is 104 Å². The van der Waals surface area contributed by atoms with Gasteiger partial charge in [0.1, 0.15) is 0 Å². The molecule has 1 fully saturated rings. The van der Waals surface area contributed by atoms with Gasteiger partial charge in [0.15, 0.2) is 0 Å². The van der Waals surface area contributed by atoms with Crippen molar-refractivity contribution in [2.45, 2.75) is 30.6 Å². The Morgan fingerprint density at radius 3 is 2.65 bits per heavy atom. The molecule has 1 amide bonds. The van der Waals surface area contributed by atoms with Crippen LogP contribution in [0.25, 0.3) is 0 Å². The molecule has 1 atom stereocenters. The summed E-state index contributed by atoms with van der Waals surface area (Å²) in [6.07, 6.45) is 2.43. The summed E-state index contributed by atoms with van der Waals surface area (Å²) < 4.78 is 27.6. The molecule has 2 N–H and O–H groups in total. The lowest BCUT2D eigenvalue weighted by Gasteiger charge is -2.32. The maximum absolute atomic E-state index is 12.7. The third-order valence-electron chi connectivity index (χ3n) is 5.46. The number of piperidine rings is 1. The number of hydrogen-bond donors (Lipinski definition) is 2. The van der Waals surface area contributed by atoms with Gasteiger partial charge in [-0.2, -0.15) is 0 Å². The minimum Gasteiger partial charge on any atom is -0.371 e. The van der Waals surface area contributed by atoms with Crippen LogP contribution in [-0.4, -0.2) is 37.6 Å². The Bertz CT molecular complexity index is 1280. The highest BCUT2D eigenvalue weighted by Gasteiger charge is 2.22. The van der Waals surface area contributed by atoms with Gasteiger partial charge in [0.2, 0.25) is 9.47 Å². The fourth-order valence-corrected chi connectivity index (χ4v) is 6.14. The molecule has 0 bridgehead atoms. The average Bonchev–Trinajstić information content (AvgIpc) is 3.27. The van der Waals surface area contributed by atoms with Crippen molar-refractivity contribution in [1.29, 1.82) is 0 Å². The van der Waals surface area contributed by atoms with Gasteiger partial charge in [-0.1, -0.05) is 53.6 Å². The molecule has 0 radical (unpaired) electrons. The second-order valence-electron chi connectivity index (χ2n) is 8.14. The Kier molecular flexibility index (Phi) is 7.73. The van der Waals surface area contributed by atoms with E-state index in [0.29, 0.717) is 10.9 Å². The van der Waals surface area contributed by atoms with Crippen LogP contribution in [-0.2, 0) is 16.6 Å². The summed E-state index contributed by atoms with van der Waals surface area (Å²) in [7, 11) is -3.90. The van der Waals surface area contributed by atoms with Gasteiger partial charge in [-0.3, -0.25) is 10.1 Å². The molecule has 3 aromatic rings. The van der Waals surface area contributed by atoms with E-state index in [-0.39, 0.29) is 26.6 Å². The number of anilines is 2. The van der Waals surface area contributed by atoms with Crippen LogP contribution in [0.2, 0.25) is 10.0 Å². The Labute approximate surface area is 212 Å². The van der Waals surface area contributed by atoms with Crippen LogP contribution >= 0.6 is 34.5 Å². The standard InChI is InChI=1S/C22H23Cl2N5O3S2/c1-14-3-2-10-29(13-14)17-7-4-15(5-8-17)12-25-34(31,32)22-28-27-21(33-22)26-20(30)18-9-6-16(23)11-19(18)24/h4-9,11,14,25H,2-3,10,12-13H2,1H3,(H,26,27,30)/t14-/m1/s1. The van der Waals surface area contributed by atoms with Crippen molar-refractivity contribution >= 4 is 61.3 Å². The minimum absolute atomic E-state index is 0.0384. The Hall–Kier alpha value is -2.24. The maximum atomic E-state index is 12.7. The van der Waals surface area contributed by atoms with Crippen molar-refractivity contribution in [3.05, 3.63) is 63.6 Å². The van der Waals surface area contributed by atoms with E-state index in [1.165, 1.54) is 31.0 Å². The van der Waals surface area contributed by atoms with Gasteiger partial charge in [-0.25, -0.2) is 13.1 Å². The number of halogens is 2. The molecule has 2 heterocycles. The first-order valence-electron chi connectivity index (χ1n) is 10.6. The molecule has 1 aliphatic rings. The Balaban J connectivity index is 1.36. The third-order valence-corrected chi connectivity index (χ3v) is 8.61. The van der Waals surface area contributed by atoms with Crippen LogP contribution in [0, 0.1) is 5.92 Å². The molecular weight excluding hydrogens is 517 g/mol. The lowest BCUT2D eigenvalue weighted by atomic mass is 9.99. The number of rotatable bonds is 7. The average molecular weight is 540 g/mol. The molecule has 0 spiro atoms. The van der Waals surface area contributed by atoms with E-state index in [9.17, 15) is 13.2 Å². The van der Waals surface area contributed by atoms with Gasteiger partial charge in [-0.05, 0) is 54.7 Å². The Morgan fingerprint density at radius 1 is 1.18 bits per heavy atom.